The largest absolute Gasteiger partial charge is 0.508 e. The lowest BCUT2D eigenvalue weighted by Crippen LogP contribution is -2.24. The molecule has 1 heterocycles. The Balaban J connectivity index is 1.74. The molecule has 1 atom stereocenters. The Hall–Kier alpha value is -1.96. The van der Waals surface area contributed by atoms with Crippen LogP contribution in [0.5, 0.6) is 5.75 Å². The van der Waals surface area contributed by atoms with Gasteiger partial charge in [-0.2, -0.15) is 0 Å². The van der Waals surface area contributed by atoms with E-state index >= 15 is 0 Å². The molecular weight excluding hydrogens is 234 g/mol. The van der Waals surface area contributed by atoms with E-state index in [2.05, 4.69) is 35.2 Å². The smallest absolute Gasteiger partial charge is 0.115 e. The number of fused-ring (bicyclic) bond motifs is 2. The third-order valence-corrected chi connectivity index (χ3v) is 4.47. The van der Waals surface area contributed by atoms with Crippen LogP contribution in [-0.2, 0) is 12.8 Å². The van der Waals surface area contributed by atoms with E-state index in [1.54, 1.807) is 0 Å². The van der Waals surface area contributed by atoms with Gasteiger partial charge in [-0.3, -0.25) is 0 Å². The maximum absolute atomic E-state index is 9.59. The molecule has 0 fully saturated rings. The van der Waals surface area contributed by atoms with Gasteiger partial charge in [-0.25, -0.2) is 0 Å². The molecule has 1 N–H and O–H groups in total. The number of nitrogens with zero attached hydrogens (tertiary/aromatic N) is 1. The normalized spacial score (nSPS) is 20.4. The first-order valence-electron chi connectivity index (χ1n) is 6.99. The van der Waals surface area contributed by atoms with Crippen LogP contribution in [0.3, 0.4) is 0 Å². The van der Waals surface area contributed by atoms with Crippen molar-refractivity contribution in [3.05, 3.63) is 59.2 Å². The van der Waals surface area contributed by atoms with Gasteiger partial charge in [-0.15, -0.1) is 0 Å². The number of aryl methyl sites for hydroxylation is 1. The molecule has 19 heavy (non-hydrogen) atoms. The molecule has 2 aromatic carbocycles. The van der Waals surface area contributed by atoms with Gasteiger partial charge in [-0.1, -0.05) is 24.3 Å². The molecular formula is C17H17NO. The van der Waals surface area contributed by atoms with Gasteiger partial charge >= 0.3 is 0 Å². The molecule has 2 heteroatoms. The zero-order valence-electron chi connectivity index (χ0n) is 10.8. The number of benzene rings is 2. The molecule has 0 radical (unpaired) electrons. The van der Waals surface area contributed by atoms with Gasteiger partial charge in [0.1, 0.15) is 5.75 Å². The second-order valence-corrected chi connectivity index (χ2v) is 5.51. The molecule has 0 aromatic heterocycles. The SMILES string of the molecule is Oc1ccc2c(c1)CCC2N1CCc2ccccc21. The van der Waals surface area contributed by atoms with Crippen molar-refractivity contribution in [3.63, 3.8) is 0 Å². The van der Waals surface area contributed by atoms with E-state index in [-0.39, 0.29) is 0 Å². The van der Waals surface area contributed by atoms with Crippen molar-refractivity contribution in [3.8, 4) is 5.75 Å². The Bertz CT molecular complexity index is 635. The summed E-state index contributed by atoms with van der Waals surface area (Å²) in [5.41, 5.74) is 5.58. The van der Waals surface area contributed by atoms with Crippen LogP contribution in [0.1, 0.15) is 29.2 Å². The molecule has 2 aromatic rings. The highest BCUT2D eigenvalue weighted by Gasteiger charge is 2.31. The van der Waals surface area contributed by atoms with Crippen molar-refractivity contribution in [1.82, 2.24) is 0 Å². The van der Waals surface area contributed by atoms with Crippen molar-refractivity contribution in [1.29, 1.82) is 0 Å². The second-order valence-electron chi connectivity index (χ2n) is 5.51. The van der Waals surface area contributed by atoms with Crippen LogP contribution in [0, 0.1) is 0 Å². The van der Waals surface area contributed by atoms with Crippen molar-refractivity contribution < 1.29 is 5.11 Å². The highest BCUT2D eigenvalue weighted by Crippen LogP contribution is 2.42. The highest BCUT2D eigenvalue weighted by atomic mass is 16.3. The van der Waals surface area contributed by atoms with Crippen LogP contribution in [0.2, 0.25) is 0 Å². The third kappa shape index (κ3) is 1.63. The van der Waals surface area contributed by atoms with Crippen molar-refractivity contribution in [2.75, 3.05) is 11.4 Å². The minimum Gasteiger partial charge on any atom is -0.508 e. The summed E-state index contributed by atoms with van der Waals surface area (Å²) in [6.45, 7) is 1.12. The van der Waals surface area contributed by atoms with E-state index in [4.69, 9.17) is 0 Å². The van der Waals surface area contributed by atoms with Gasteiger partial charge in [0.05, 0.1) is 6.04 Å². The first-order chi connectivity index (χ1) is 9.33. The quantitative estimate of drug-likeness (QED) is 0.839. The number of para-hydroxylation sites is 1. The topological polar surface area (TPSA) is 23.5 Å². The minimum absolute atomic E-state index is 0.390. The fourth-order valence-electron chi connectivity index (χ4n) is 3.59. The average molecular weight is 251 g/mol. The van der Waals surface area contributed by atoms with Gasteiger partial charge in [0.25, 0.3) is 0 Å². The summed E-state index contributed by atoms with van der Waals surface area (Å²) in [6.07, 6.45) is 3.39. The predicted octanol–water partition coefficient (Wildman–Crippen LogP) is 3.44. The molecule has 1 unspecified atom stereocenters. The van der Waals surface area contributed by atoms with Gasteiger partial charge in [0.2, 0.25) is 0 Å². The van der Waals surface area contributed by atoms with E-state index in [0.29, 0.717) is 11.8 Å². The van der Waals surface area contributed by atoms with Crippen LogP contribution in [0.25, 0.3) is 0 Å². The van der Waals surface area contributed by atoms with Crippen molar-refractivity contribution in [2.45, 2.75) is 25.3 Å². The number of aromatic hydroxyl groups is 1. The number of hydrogen-bond acceptors (Lipinski definition) is 2. The lowest BCUT2D eigenvalue weighted by molar-refractivity contribution is 0.474. The summed E-state index contributed by atoms with van der Waals surface area (Å²) in [5, 5.41) is 9.59. The number of hydrogen-bond donors (Lipinski definition) is 1. The summed E-state index contributed by atoms with van der Waals surface area (Å²) in [5.74, 6) is 0.390. The van der Waals surface area contributed by atoms with Gasteiger partial charge < -0.3 is 10.0 Å². The summed E-state index contributed by atoms with van der Waals surface area (Å²) < 4.78 is 0. The molecule has 0 saturated heterocycles. The molecule has 2 aliphatic rings. The molecule has 1 aliphatic carbocycles. The molecule has 0 spiro atoms. The van der Waals surface area contributed by atoms with Gasteiger partial charge in [0.15, 0.2) is 0 Å². The standard InChI is InChI=1S/C17H17NO/c19-14-6-7-15-13(11-14)5-8-17(15)18-10-9-12-3-1-2-4-16(12)18/h1-4,6-7,11,17,19H,5,8-10H2. The van der Waals surface area contributed by atoms with E-state index in [1.165, 1.54) is 22.4 Å². The lowest BCUT2D eigenvalue weighted by Gasteiger charge is -2.28. The van der Waals surface area contributed by atoms with Gasteiger partial charge in [-0.05, 0) is 54.2 Å². The monoisotopic (exact) mass is 251 g/mol. The maximum atomic E-state index is 9.59. The van der Waals surface area contributed by atoms with E-state index < -0.39 is 0 Å². The number of anilines is 1. The molecule has 0 saturated carbocycles. The third-order valence-electron chi connectivity index (χ3n) is 4.47. The maximum Gasteiger partial charge on any atom is 0.115 e. The summed E-state index contributed by atoms with van der Waals surface area (Å²) in [7, 11) is 0. The van der Waals surface area contributed by atoms with Crippen LogP contribution < -0.4 is 4.90 Å². The lowest BCUT2D eigenvalue weighted by atomic mass is 10.1. The molecule has 0 amide bonds. The van der Waals surface area contributed by atoms with Crippen LogP contribution >= 0.6 is 0 Å². The minimum atomic E-state index is 0.390. The van der Waals surface area contributed by atoms with E-state index in [0.717, 1.165) is 25.8 Å². The molecule has 4 rings (SSSR count). The van der Waals surface area contributed by atoms with E-state index in [1.807, 2.05) is 12.1 Å². The van der Waals surface area contributed by atoms with Crippen LogP contribution in [0.15, 0.2) is 42.5 Å². The summed E-state index contributed by atoms with van der Waals surface area (Å²) in [4.78, 5) is 2.54. The highest BCUT2D eigenvalue weighted by molar-refractivity contribution is 5.60. The average Bonchev–Trinajstić information content (AvgIpc) is 3.01. The molecule has 96 valence electrons. The zero-order chi connectivity index (χ0) is 12.8. The van der Waals surface area contributed by atoms with Crippen molar-refractivity contribution >= 4 is 5.69 Å². The zero-order valence-corrected chi connectivity index (χ0v) is 10.8. The Morgan fingerprint density at radius 1 is 1.00 bits per heavy atom. The predicted molar refractivity (Wildman–Crippen MR) is 76.7 cm³/mol. The van der Waals surface area contributed by atoms with E-state index in [9.17, 15) is 5.11 Å². The Labute approximate surface area is 113 Å². The number of phenolic OH excluding ortho intramolecular Hbond substituents is 1. The van der Waals surface area contributed by atoms with Gasteiger partial charge in [0, 0.05) is 12.2 Å². The molecule has 1 aliphatic heterocycles. The summed E-state index contributed by atoms with van der Waals surface area (Å²) in [6, 6.07) is 15.1. The first kappa shape index (κ1) is 10.9. The first-order valence-corrected chi connectivity index (χ1v) is 6.99. The fraction of sp³-hybridized carbons (Fsp3) is 0.294. The number of rotatable bonds is 1. The Kier molecular flexibility index (Phi) is 2.31. The number of phenols is 1. The molecule has 2 nitrogen and oxygen atoms in total. The molecule has 0 bridgehead atoms. The Morgan fingerprint density at radius 2 is 1.89 bits per heavy atom. The second kappa shape index (κ2) is 4.02. The van der Waals surface area contributed by atoms with Crippen LogP contribution in [0.4, 0.5) is 5.69 Å². The van der Waals surface area contributed by atoms with Crippen molar-refractivity contribution in [2.24, 2.45) is 0 Å². The van der Waals surface area contributed by atoms with Crippen LogP contribution in [-0.4, -0.2) is 11.7 Å². The Morgan fingerprint density at radius 3 is 2.84 bits per heavy atom. The fourth-order valence-corrected chi connectivity index (χ4v) is 3.59. The summed E-state index contributed by atoms with van der Waals surface area (Å²) >= 11 is 0.